The van der Waals surface area contributed by atoms with E-state index in [-0.39, 0.29) is 28.4 Å². The Morgan fingerprint density at radius 3 is 1.84 bits per heavy atom. The summed E-state index contributed by atoms with van der Waals surface area (Å²) in [6, 6.07) is 0. The molecule has 0 unspecified atom stereocenters. The molecule has 4 heteroatoms. The number of hydrogen-bond acceptors (Lipinski definition) is 3. The van der Waals surface area contributed by atoms with Crippen molar-refractivity contribution in [3.63, 3.8) is 0 Å². The summed E-state index contributed by atoms with van der Waals surface area (Å²) in [5, 5.41) is 0. The fourth-order valence-electron chi connectivity index (χ4n) is 3.34. The molecule has 0 aromatic heterocycles. The van der Waals surface area contributed by atoms with Crippen LogP contribution in [0.2, 0.25) is 0 Å². The number of Topliss-reactive ketones (excluding diaryl/α,β-unsaturated/α-hetero) is 1. The van der Waals surface area contributed by atoms with E-state index in [0.717, 1.165) is 39.0 Å². The number of carbonyl (C=O) groups is 2. The molecule has 1 fully saturated rings. The number of nitrogens with zero attached hydrogens (tertiary/aromatic N) is 2. The molecule has 1 amide bonds. The number of piperazine rings is 1. The third kappa shape index (κ3) is 7.89. The molecule has 1 rings (SSSR count). The minimum atomic E-state index is -0.324. The largest absolute Gasteiger partial charge is 0.340 e. The number of carbonyl (C=O) groups excluding carboxylic acids is 2. The van der Waals surface area contributed by atoms with Crippen molar-refractivity contribution in [2.45, 2.75) is 75.2 Å². The van der Waals surface area contributed by atoms with E-state index in [0.29, 0.717) is 6.54 Å². The number of rotatable bonds is 7. The van der Waals surface area contributed by atoms with Crippen LogP contribution in [0.4, 0.5) is 0 Å². The molecular formula is C21H42N2O2. The Hall–Kier alpha value is -0.900. The Bertz CT molecular complexity index is 420. The second kappa shape index (κ2) is 10.3. The number of hydrogen-bond donors (Lipinski definition) is 0. The van der Waals surface area contributed by atoms with Gasteiger partial charge in [-0.1, -0.05) is 68.7 Å². The Balaban J connectivity index is 0.00000277. The van der Waals surface area contributed by atoms with E-state index in [1.807, 2.05) is 32.6 Å². The van der Waals surface area contributed by atoms with E-state index in [9.17, 15) is 9.59 Å². The van der Waals surface area contributed by atoms with Gasteiger partial charge in [0.25, 0.3) is 0 Å². The summed E-state index contributed by atoms with van der Waals surface area (Å²) in [5.74, 6) is 0.633. The number of ketones is 1. The van der Waals surface area contributed by atoms with Gasteiger partial charge in [-0.15, -0.1) is 0 Å². The molecule has 0 aromatic carbocycles. The highest BCUT2D eigenvalue weighted by Gasteiger charge is 2.37. The van der Waals surface area contributed by atoms with Gasteiger partial charge in [-0.3, -0.25) is 14.5 Å². The van der Waals surface area contributed by atoms with Crippen LogP contribution >= 0.6 is 0 Å². The Labute approximate surface area is 156 Å². The molecule has 0 aromatic rings. The average Bonchev–Trinajstić information content (AvgIpc) is 2.55. The highest BCUT2D eigenvalue weighted by molar-refractivity contribution is 5.83. The smallest absolute Gasteiger partial charge is 0.228 e. The SMILES string of the molecule is CC.CCC(C)(C)CC(C)(C)C(=O)N1CCN(CC(=O)C(C)C)CC1. The molecule has 0 N–H and O–H groups in total. The summed E-state index contributed by atoms with van der Waals surface area (Å²) in [5.41, 5.74) is -0.139. The van der Waals surface area contributed by atoms with Crippen LogP contribution in [-0.4, -0.2) is 54.2 Å². The topological polar surface area (TPSA) is 40.6 Å². The molecule has 1 heterocycles. The zero-order chi connectivity index (χ0) is 19.8. The maximum absolute atomic E-state index is 12.9. The van der Waals surface area contributed by atoms with Crippen molar-refractivity contribution < 1.29 is 9.59 Å². The summed E-state index contributed by atoms with van der Waals surface area (Å²) in [4.78, 5) is 28.9. The first kappa shape index (κ1) is 24.1. The average molecular weight is 355 g/mol. The van der Waals surface area contributed by atoms with Crippen LogP contribution in [0.5, 0.6) is 0 Å². The van der Waals surface area contributed by atoms with Crippen molar-refractivity contribution in [3.8, 4) is 0 Å². The molecule has 1 aliphatic heterocycles. The van der Waals surface area contributed by atoms with Gasteiger partial charge in [-0.2, -0.15) is 0 Å². The molecule has 25 heavy (non-hydrogen) atoms. The van der Waals surface area contributed by atoms with Gasteiger partial charge >= 0.3 is 0 Å². The van der Waals surface area contributed by atoms with Crippen LogP contribution in [0.3, 0.4) is 0 Å². The van der Waals surface area contributed by atoms with Crippen LogP contribution in [0.25, 0.3) is 0 Å². The lowest BCUT2D eigenvalue weighted by Crippen LogP contribution is -2.53. The van der Waals surface area contributed by atoms with Crippen LogP contribution in [0, 0.1) is 16.7 Å². The predicted molar refractivity (Wildman–Crippen MR) is 107 cm³/mol. The molecule has 148 valence electrons. The van der Waals surface area contributed by atoms with Crippen molar-refractivity contribution >= 4 is 11.7 Å². The summed E-state index contributed by atoms with van der Waals surface area (Å²) < 4.78 is 0. The lowest BCUT2D eigenvalue weighted by molar-refractivity contribution is -0.144. The lowest BCUT2D eigenvalue weighted by atomic mass is 9.73. The quantitative estimate of drug-likeness (QED) is 0.687. The highest BCUT2D eigenvalue weighted by Crippen LogP contribution is 2.37. The molecular weight excluding hydrogens is 312 g/mol. The molecule has 1 aliphatic rings. The molecule has 0 aliphatic carbocycles. The van der Waals surface area contributed by atoms with E-state index < -0.39 is 0 Å². The predicted octanol–water partition coefficient (Wildman–Crippen LogP) is 4.23. The van der Waals surface area contributed by atoms with Gasteiger partial charge in [0.15, 0.2) is 0 Å². The molecule has 4 nitrogen and oxygen atoms in total. The number of amides is 1. The van der Waals surface area contributed by atoms with Crippen LogP contribution in [0.15, 0.2) is 0 Å². The second-order valence-electron chi connectivity index (χ2n) is 8.77. The monoisotopic (exact) mass is 354 g/mol. The van der Waals surface area contributed by atoms with E-state index in [1.54, 1.807) is 0 Å². The van der Waals surface area contributed by atoms with Crippen molar-refractivity contribution in [3.05, 3.63) is 0 Å². The Morgan fingerprint density at radius 1 is 0.960 bits per heavy atom. The van der Waals surface area contributed by atoms with Crippen LogP contribution < -0.4 is 0 Å². The summed E-state index contributed by atoms with van der Waals surface area (Å²) in [7, 11) is 0. The van der Waals surface area contributed by atoms with Gasteiger partial charge in [-0.25, -0.2) is 0 Å². The lowest BCUT2D eigenvalue weighted by Gasteiger charge is -2.40. The van der Waals surface area contributed by atoms with E-state index in [2.05, 4.69) is 39.5 Å². The van der Waals surface area contributed by atoms with E-state index in [1.165, 1.54) is 0 Å². The molecule has 0 saturated carbocycles. The summed E-state index contributed by atoms with van der Waals surface area (Å²) in [6.45, 7) is 22.3. The van der Waals surface area contributed by atoms with Crippen molar-refractivity contribution in [2.24, 2.45) is 16.7 Å². The fourth-order valence-corrected chi connectivity index (χ4v) is 3.34. The van der Waals surface area contributed by atoms with Gasteiger partial charge in [0.05, 0.1) is 6.54 Å². The zero-order valence-corrected chi connectivity index (χ0v) is 18.2. The van der Waals surface area contributed by atoms with Crippen LogP contribution in [-0.2, 0) is 9.59 Å². The maximum atomic E-state index is 12.9. The highest BCUT2D eigenvalue weighted by atomic mass is 16.2. The first-order valence-corrected chi connectivity index (χ1v) is 10.0. The van der Waals surface area contributed by atoms with Gasteiger partial charge < -0.3 is 4.90 Å². The Morgan fingerprint density at radius 2 is 1.44 bits per heavy atom. The maximum Gasteiger partial charge on any atom is 0.228 e. The van der Waals surface area contributed by atoms with Crippen molar-refractivity contribution in [2.75, 3.05) is 32.7 Å². The van der Waals surface area contributed by atoms with E-state index in [4.69, 9.17) is 0 Å². The van der Waals surface area contributed by atoms with Gasteiger partial charge in [0.2, 0.25) is 5.91 Å². The minimum absolute atomic E-state index is 0.0878. The van der Waals surface area contributed by atoms with Crippen LogP contribution in [0.1, 0.15) is 75.2 Å². The first-order chi connectivity index (χ1) is 11.5. The molecule has 0 radical (unpaired) electrons. The van der Waals surface area contributed by atoms with Crippen molar-refractivity contribution in [1.82, 2.24) is 9.80 Å². The van der Waals surface area contributed by atoms with Crippen molar-refractivity contribution in [1.29, 1.82) is 0 Å². The fraction of sp³-hybridized carbons (Fsp3) is 0.905. The second-order valence-corrected chi connectivity index (χ2v) is 8.77. The molecule has 1 saturated heterocycles. The third-order valence-corrected chi connectivity index (χ3v) is 5.14. The molecule has 0 bridgehead atoms. The van der Waals surface area contributed by atoms with Gasteiger partial charge in [0, 0.05) is 37.5 Å². The zero-order valence-electron chi connectivity index (χ0n) is 18.2. The van der Waals surface area contributed by atoms with Gasteiger partial charge in [0.1, 0.15) is 5.78 Å². The summed E-state index contributed by atoms with van der Waals surface area (Å²) in [6.07, 6.45) is 1.98. The Kier molecular flexibility index (Phi) is 9.93. The normalized spacial score (nSPS) is 16.5. The van der Waals surface area contributed by atoms with E-state index >= 15 is 0 Å². The first-order valence-electron chi connectivity index (χ1n) is 10.0. The molecule has 0 spiro atoms. The third-order valence-electron chi connectivity index (χ3n) is 5.14. The standard InChI is InChI=1S/C19H36N2O2.C2H6/c1-8-18(4,5)14-19(6,7)17(23)21-11-9-20(10-12-21)13-16(22)15(2)3;1-2/h15H,8-14H2,1-7H3;1-2H3. The van der Waals surface area contributed by atoms with Gasteiger partial charge in [-0.05, 0) is 11.8 Å². The molecule has 0 atom stereocenters. The summed E-state index contributed by atoms with van der Waals surface area (Å²) >= 11 is 0. The minimum Gasteiger partial charge on any atom is -0.340 e.